The largest absolute Gasteiger partial charge is 0.464 e. The monoisotopic (exact) mass is 279 g/mol. The van der Waals surface area contributed by atoms with E-state index >= 15 is 0 Å². The van der Waals surface area contributed by atoms with Crippen molar-refractivity contribution in [1.29, 1.82) is 0 Å². The van der Waals surface area contributed by atoms with E-state index in [-0.39, 0.29) is 11.8 Å². The van der Waals surface area contributed by atoms with E-state index in [1.165, 1.54) is 7.11 Å². The molecule has 6 nitrogen and oxygen atoms in total. The van der Waals surface area contributed by atoms with Crippen molar-refractivity contribution in [2.24, 2.45) is 5.92 Å². The predicted molar refractivity (Wildman–Crippen MR) is 76.8 cm³/mol. The maximum Gasteiger partial charge on any atom is 0.356 e. The predicted octanol–water partition coefficient (Wildman–Crippen LogP) is 1.31. The first-order valence-corrected chi connectivity index (χ1v) is 6.69. The molecule has 6 heteroatoms. The van der Waals surface area contributed by atoms with Crippen LogP contribution in [-0.2, 0) is 9.47 Å². The summed E-state index contributed by atoms with van der Waals surface area (Å²) >= 11 is 0. The SMILES string of the molecule is COC(=O)c1ccc(N)c(N2CCC(C)C(OC)C2)n1. The molecule has 2 rings (SSSR count). The van der Waals surface area contributed by atoms with Gasteiger partial charge in [-0.15, -0.1) is 0 Å². The molecule has 0 amide bonds. The second-order valence-electron chi connectivity index (χ2n) is 5.09. The summed E-state index contributed by atoms with van der Waals surface area (Å²) in [6, 6.07) is 3.26. The van der Waals surface area contributed by atoms with Crippen molar-refractivity contribution in [3.8, 4) is 0 Å². The van der Waals surface area contributed by atoms with E-state index in [4.69, 9.17) is 15.2 Å². The van der Waals surface area contributed by atoms with Gasteiger partial charge in [-0.25, -0.2) is 9.78 Å². The van der Waals surface area contributed by atoms with Gasteiger partial charge in [0.15, 0.2) is 11.5 Å². The standard InChI is InChI=1S/C14H21N3O3/c1-9-6-7-17(8-12(9)19-2)13-10(15)4-5-11(16-13)14(18)20-3/h4-5,9,12H,6-8,15H2,1-3H3. The van der Waals surface area contributed by atoms with E-state index in [0.29, 0.717) is 17.4 Å². The molecular weight excluding hydrogens is 258 g/mol. The summed E-state index contributed by atoms with van der Waals surface area (Å²) in [5.74, 6) is 0.669. The van der Waals surface area contributed by atoms with Crippen LogP contribution in [0.1, 0.15) is 23.8 Å². The number of rotatable bonds is 3. The molecule has 0 radical (unpaired) electrons. The molecule has 0 aliphatic carbocycles. The fourth-order valence-corrected chi connectivity index (χ4v) is 2.46. The van der Waals surface area contributed by atoms with Crippen LogP contribution in [0.4, 0.5) is 11.5 Å². The Bertz CT molecular complexity index is 493. The molecule has 110 valence electrons. The number of ether oxygens (including phenoxy) is 2. The van der Waals surface area contributed by atoms with Gasteiger partial charge in [0.05, 0.1) is 18.9 Å². The molecule has 2 N–H and O–H groups in total. The van der Waals surface area contributed by atoms with Gasteiger partial charge in [0, 0.05) is 20.2 Å². The van der Waals surface area contributed by atoms with Crippen molar-refractivity contribution in [3.63, 3.8) is 0 Å². The van der Waals surface area contributed by atoms with Gasteiger partial charge in [-0.2, -0.15) is 0 Å². The van der Waals surface area contributed by atoms with E-state index in [2.05, 4.69) is 16.8 Å². The summed E-state index contributed by atoms with van der Waals surface area (Å²) in [6.45, 7) is 3.75. The Hall–Kier alpha value is -1.82. The Kier molecular flexibility index (Phi) is 4.44. The third kappa shape index (κ3) is 2.85. The molecule has 0 spiro atoms. The number of hydrogen-bond acceptors (Lipinski definition) is 6. The van der Waals surface area contributed by atoms with Crippen molar-refractivity contribution in [1.82, 2.24) is 4.98 Å². The van der Waals surface area contributed by atoms with Gasteiger partial charge in [0.1, 0.15) is 0 Å². The van der Waals surface area contributed by atoms with E-state index in [9.17, 15) is 4.79 Å². The number of aromatic nitrogens is 1. The van der Waals surface area contributed by atoms with Crippen molar-refractivity contribution in [2.75, 3.05) is 37.9 Å². The first-order valence-electron chi connectivity index (χ1n) is 6.69. The third-order valence-corrected chi connectivity index (χ3v) is 3.79. The lowest BCUT2D eigenvalue weighted by molar-refractivity contribution is 0.0496. The summed E-state index contributed by atoms with van der Waals surface area (Å²) in [6.07, 6.45) is 1.15. The Morgan fingerprint density at radius 3 is 2.85 bits per heavy atom. The van der Waals surface area contributed by atoms with E-state index in [1.807, 2.05) is 0 Å². The highest BCUT2D eigenvalue weighted by Crippen LogP contribution is 2.27. The van der Waals surface area contributed by atoms with Gasteiger partial charge in [-0.3, -0.25) is 0 Å². The number of pyridine rings is 1. The molecule has 2 atom stereocenters. The quantitative estimate of drug-likeness (QED) is 0.841. The van der Waals surface area contributed by atoms with Crippen LogP contribution in [-0.4, -0.2) is 44.4 Å². The molecule has 1 fully saturated rings. The Morgan fingerprint density at radius 2 is 2.20 bits per heavy atom. The number of nitrogen functional groups attached to an aromatic ring is 1. The van der Waals surface area contributed by atoms with Crippen LogP contribution in [0.2, 0.25) is 0 Å². The Morgan fingerprint density at radius 1 is 1.45 bits per heavy atom. The van der Waals surface area contributed by atoms with Gasteiger partial charge >= 0.3 is 5.97 Å². The molecule has 2 unspecified atom stereocenters. The molecule has 0 aromatic carbocycles. The van der Waals surface area contributed by atoms with E-state index in [1.54, 1.807) is 19.2 Å². The topological polar surface area (TPSA) is 77.7 Å². The molecule has 0 bridgehead atoms. The average Bonchev–Trinajstić information content (AvgIpc) is 2.47. The fourth-order valence-electron chi connectivity index (χ4n) is 2.46. The van der Waals surface area contributed by atoms with Gasteiger partial charge < -0.3 is 20.1 Å². The summed E-state index contributed by atoms with van der Waals surface area (Å²) in [5, 5.41) is 0. The minimum atomic E-state index is -0.458. The van der Waals surface area contributed by atoms with Gasteiger partial charge in [0.25, 0.3) is 0 Å². The summed E-state index contributed by atoms with van der Waals surface area (Å²) in [7, 11) is 3.05. The zero-order valence-electron chi connectivity index (χ0n) is 12.1. The number of nitrogens with two attached hydrogens (primary N) is 1. The van der Waals surface area contributed by atoms with Crippen LogP contribution in [0.5, 0.6) is 0 Å². The molecule has 1 aromatic heterocycles. The van der Waals surface area contributed by atoms with Crippen molar-refractivity contribution < 1.29 is 14.3 Å². The fraction of sp³-hybridized carbons (Fsp3) is 0.571. The van der Waals surface area contributed by atoms with E-state index < -0.39 is 5.97 Å². The number of carbonyl (C=O) groups is 1. The van der Waals surface area contributed by atoms with Crippen LogP contribution in [0.3, 0.4) is 0 Å². The lowest BCUT2D eigenvalue weighted by atomic mass is 9.96. The summed E-state index contributed by atoms with van der Waals surface area (Å²) in [5.41, 5.74) is 6.81. The van der Waals surface area contributed by atoms with Crippen LogP contribution < -0.4 is 10.6 Å². The summed E-state index contributed by atoms with van der Waals surface area (Å²) < 4.78 is 10.2. The molecule has 1 saturated heterocycles. The first kappa shape index (κ1) is 14.6. The second-order valence-corrected chi connectivity index (χ2v) is 5.09. The number of methoxy groups -OCH3 is 2. The molecule has 0 saturated carbocycles. The van der Waals surface area contributed by atoms with Gasteiger partial charge in [-0.05, 0) is 24.5 Å². The summed E-state index contributed by atoms with van der Waals surface area (Å²) in [4.78, 5) is 18.0. The van der Waals surface area contributed by atoms with Crippen LogP contribution in [0.25, 0.3) is 0 Å². The molecular formula is C14H21N3O3. The lowest BCUT2D eigenvalue weighted by Gasteiger charge is -2.37. The average molecular weight is 279 g/mol. The van der Waals surface area contributed by atoms with Gasteiger partial charge in [0.2, 0.25) is 0 Å². The Labute approximate surface area is 118 Å². The number of nitrogens with zero attached hydrogens (tertiary/aromatic N) is 2. The molecule has 2 heterocycles. The maximum absolute atomic E-state index is 11.6. The maximum atomic E-state index is 11.6. The highest BCUT2D eigenvalue weighted by molar-refractivity contribution is 5.88. The number of piperidine rings is 1. The lowest BCUT2D eigenvalue weighted by Crippen LogP contribution is -2.44. The van der Waals surface area contributed by atoms with Crippen LogP contribution >= 0.6 is 0 Å². The number of esters is 1. The molecule has 1 aliphatic rings. The zero-order chi connectivity index (χ0) is 14.7. The van der Waals surface area contributed by atoms with Crippen molar-refractivity contribution in [2.45, 2.75) is 19.4 Å². The first-order chi connectivity index (χ1) is 9.56. The van der Waals surface area contributed by atoms with Crippen LogP contribution in [0.15, 0.2) is 12.1 Å². The highest BCUT2D eigenvalue weighted by atomic mass is 16.5. The smallest absolute Gasteiger partial charge is 0.356 e. The number of carbonyl (C=O) groups excluding carboxylic acids is 1. The number of hydrogen-bond donors (Lipinski definition) is 1. The third-order valence-electron chi connectivity index (χ3n) is 3.79. The Balaban J connectivity index is 2.25. The van der Waals surface area contributed by atoms with Crippen molar-refractivity contribution in [3.05, 3.63) is 17.8 Å². The van der Waals surface area contributed by atoms with E-state index in [0.717, 1.165) is 19.5 Å². The number of anilines is 2. The van der Waals surface area contributed by atoms with Crippen LogP contribution in [0, 0.1) is 5.92 Å². The minimum Gasteiger partial charge on any atom is -0.464 e. The van der Waals surface area contributed by atoms with Gasteiger partial charge in [-0.1, -0.05) is 6.92 Å². The normalized spacial score (nSPS) is 22.6. The molecule has 1 aliphatic heterocycles. The minimum absolute atomic E-state index is 0.145. The van der Waals surface area contributed by atoms with Crippen molar-refractivity contribution >= 4 is 17.5 Å². The zero-order valence-corrected chi connectivity index (χ0v) is 12.1. The second kappa shape index (κ2) is 6.09. The molecule has 20 heavy (non-hydrogen) atoms. The highest BCUT2D eigenvalue weighted by Gasteiger charge is 2.28. The molecule has 1 aromatic rings.